The highest BCUT2D eigenvalue weighted by molar-refractivity contribution is 7.04. The molecule has 1 heterocycles. The van der Waals surface area contributed by atoms with E-state index in [-0.39, 0.29) is 11.1 Å². The topological polar surface area (TPSA) is 175 Å². The largest absolute Gasteiger partial charge is 0.478 e. The molecule has 5 N–H and O–H groups in total. The standard InChI is InChI=1S/C8H6FN.C8H7FO2.C7H6N3OP.C2H5NO2/c1-6-2-3-7(5-10)8(9)4-6;1-5-2-3-6(8(10)11)7(9)4-5;8-4-1-2-5-6(3-4)11-9-7(5)10-12;1-2(4)3-5/h2-4H,1H3;2-4H,1H3,(H,10,11);1-3,12H,8H2;5H,1H3,(H,3,4). The number of aryl methyl sites for hydroxylation is 2. The lowest BCUT2D eigenvalue weighted by atomic mass is 10.1. The second-order valence-electron chi connectivity index (χ2n) is 7.43. The maximum Gasteiger partial charge on any atom is 0.338 e. The maximum atomic E-state index is 12.7. The van der Waals surface area contributed by atoms with Gasteiger partial charge in [-0.15, -0.1) is 0 Å². The molecule has 0 bridgehead atoms. The number of benzene rings is 3. The molecule has 198 valence electrons. The molecule has 0 aliphatic heterocycles. The van der Waals surface area contributed by atoms with Gasteiger partial charge in [-0.1, -0.05) is 17.3 Å². The maximum absolute atomic E-state index is 12.7. The van der Waals surface area contributed by atoms with E-state index in [1.807, 2.05) is 6.07 Å². The molecule has 0 saturated carbocycles. The van der Waals surface area contributed by atoms with Crippen LogP contribution >= 0.6 is 9.03 Å². The summed E-state index contributed by atoms with van der Waals surface area (Å²) in [5.41, 5.74) is 9.60. The first-order chi connectivity index (χ1) is 17.9. The predicted octanol–water partition coefficient (Wildman–Crippen LogP) is 5.72. The van der Waals surface area contributed by atoms with Gasteiger partial charge in [0.05, 0.1) is 16.5 Å². The van der Waals surface area contributed by atoms with E-state index < -0.39 is 23.5 Å². The number of nitrogens with two attached hydrogens (primary N) is 1. The third-order valence-corrected chi connectivity index (χ3v) is 4.55. The smallest absolute Gasteiger partial charge is 0.338 e. The molecule has 0 aliphatic carbocycles. The Kier molecular flexibility index (Phi) is 12.7. The quantitative estimate of drug-likeness (QED) is 0.107. The summed E-state index contributed by atoms with van der Waals surface area (Å²) >= 11 is 0. The molecular weight excluding hydrogens is 519 g/mol. The van der Waals surface area contributed by atoms with Crippen LogP contribution in [0.5, 0.6) is 0 Å². The fourth-order valence-electron chi connectivity index (χ4n) is 2.53. The van der Waals surface area contributed by atoms with Crippen molar-refractivity contribution in [3.05, 3.63) is 88.5 Å². The Hall–Kier alpha value is -4.72. The number of carboxylic acid groups (broad SMARTS) is 1. The van der Waals surface area contributed by atoms with E-state index in [9.17, 15) is 18.4 Å². The van der Waals surface area contributed by atoms with Crippen molar-refractivity contribution in [2.45, 2.75) is 20.8 Å². The van der Waals surface area contributed by atoms with E-state index in [1.54, 1.807) is 44.2 Å². The van der Waals surface area contributed by atoms with E-state index in [4.69, 9.17) is 25.8 Å². The summed E-state index contributed by atoms with van der Waals surface area (Å²) in [7, 11) is 2.99. The van der Waals surface area contributed by atoms with Gasteiger partial charge in [-0.3, -0.25) is 10.0 Å². The molecule has 4 aromatic rings. The van der Waals surface area contributed by atoms with Gasteiger partial charge in [0.2, 0.25) is 11.7 Å². The number of hydroxylamine groups is 1. The van der Waals surface area contributed by atoms with Crippen LogP contribution in [0.15, 0.2) is 63.9 Å². The monoisotopic (exact) mass is 543 g/mol. The highest BCUT2D eigenvalue weighted by atomic mass is 31.0. The van der Waals surface area contributed by atoms with Crippen LogP contribution < -0.4 is 11.2 Å². The first kappa shape index (κ1) is 31.3. The number of carboxylic acids is 1. The molecule has 0 fully saturated rings. The van der Waals surface area contributed by atoms with Gasteiger partial charge in [-0.25, -0.2) is 23.8 Å². The zero-order chi connectivity index (χ0) is 28.8. The summed E-state index contributed by atoms with van der Waals surface area (Å²) in [5, 5.41) is 28.8. The molecule has 1 aromatic heterocycles. The molecule has 0 unspecified atom stereocenters. The number of carbonyl (C=O) groups is 2. The molecule has 13 heteroatoms. The Labute approximate surface area is 218 Å². The third kappa shape index (κ3) is 10.1. The van der Waals surface area contributed by atoms with Crippen LogP contribution in [0.4, 0.5) is 20.3 Å². The number of nitrogens with zero attached hydrogens (tertiary/aromatic N) is 3. The number of aromatic carboxylic acids is 1. The number of fused-ring (bicyclic) bond motifs is 1. The number of anilines is 1. The number of hydrogen-bond acceptors (Lipinski definition) is 8. The van der Waals surface area contributed by atoms with Gasteiger partial charge in [-0.2, -0.15) is 5.26 Å². The molecule has 3 aromatic carbocycles. The van der Waals surface area contributed by atoms with Crippen molar-refractivity contribution in [3.8, 4) is 6.07 Å². The Morgan fingerprint density at radius 2 is 1.66 bits per heavy atom. The molecule has 1 amide bonds. The van der Waals surface area contributed by atoms with Crippen LogP contribution in [0.1, 0.15) is 34.0 Å². The lowest BCUT2D eigenvalue weighted by molar-refractivity contribution is -0.126. The molecule has 38 heavy (non-hydrogen) atoms. The molecular formula is C25H24F2N5O5P. The molecule has 10 nitrogen and oxygen atoms in total. The average molecular weight is 543 g/mol. The Bertz CT molecular complexity index is 1470. The highest BCUT2D eigenvalue weighted by Crippen LogP contribution is 2.27. The number of hydrogen-bond donors (Lipinski definition) is 4. The van der Waals surface area contributed by atoms with Crippen molar-refractivity contribution in [3.63, 3.8) is 0 Å². The summed E-state index contributed by atoms with van der Waals surface area (Å²) < 4.78 is 34.1. The van der Waals surface area contributed by atoms with Crippen LogP contribution in [-0.2, 0) is 4.79 Å². The SMILES string of the molecule is CC(=O)NO.Cc1ccc(C#N)c(F)c1.Cc1ccc(C(=O)O)c(F)c1.Nc1ccc2c(N=P)noc2c1. The van der Waals surface area contributed by atoms with Crippen LogP contribution in [0.2, 0.25) is 0 Å². The van der Waals surface area contributed by atoms with Gasteiger partial charge < -0.3 is 15.4 Å². The number of aromatic nitrogens is 1. The second-order valence-corrected chi connectivity index (χ2v) is 7.65. The van der Waals surface area contributed by atoms with Crippen molar-refractivity contribution in [1.29, 1.82) is 5.26 Å². The summed E-state index contributed by atoms with van der Waals surface area (Å²) in [6, 6.07) is 15.6. The van der Waals surface area contributed by atoms with Crippen molar-refractivity contribution >= 4 is 43.4 Å². The number of nitrogen functional groups attached to an aromatic ring is 1. The van der Waals surface area contributed by atoms with Crippen LogP contribution in [-0.4, -0.2) is 27.3 Å². The molecule has 0 radical (unpaired) electrons. The molecule has 4 rings (SSSR count). The zero-order valence-corrected chi connectivity index (χ0v) is 21.5. The summed E-state index contributed by atoms with van der Waals surface area (Å²) in [5.74, 6) is -2.27. The van der Waals surface area contributed by atoms with Crippen molar-refractivity contribution in [2.75, 3.05) is 5.73 Å². The normalized spacial score (nSPS) is 9.29. The van der Waals surface area contributed by atoms with Crippen molar-refractivity contribution in [2.24, 2.45) is 4.74 Å². The Balaban J connectivity index is 0.000000263. The number of carbonyl (C=O) groups excluding carboxylic acids is 1. The van der Waals surface area contributed by atoms with E-state index in [0.29, 0.717) is 22.7 Å². The van der Waals surface area contributed by atoms with E-state index in [1.165, 1.54) is 36.7 Å². The summed E-state index contributed by atoms with van der Waals surface area (Å²) in [4.78, 5) is 19.7. The van der Waals surface area contributed by atoms with E-state index in [0.717, 1.165) is 10.9 Å². The number of halogens is 2. The van der Waals surface area contributed by atoms with Gasteiger partial charge in [0.1, 0.15) is 17.7 Å². The molecule has 0 saturated heterocycles. The number of nitrogens with one attached hydrogen (secondary N) is 1. The van der Waals surface area contributed by atoms with Gasteiger partial charge in [0.25, 0.3) is 0 Å². The molecule has 0 atom stereocenters. The molecule has 0 spiro atoms. The van der Waals surface area contributed by atoms with Crippen molar-refractivity contribution < 1.29 is 33.2 Å². The second kappa shape index (κ2) is 15.4. The minimum absolute atomic E-state index is 0.102. The van der Waals surface area contributed by atoms with Gasteiger partial charge >= 0.3 is 5.97 Å². The number of nitriles is 1. The fraction of sp³-hybridized carbons (Fsp3) is 0.120. The number of rotatable bonds is 2. The van der Waals surface area contributed by atoms with Gasteiger partial charge in [0.15, 0.2) is 5.58 Å². The lowest BCUT2D eigenvalue weighted by Crippen LogP contribution is -2.12. The van der Waals surface area contributed by atoms with Crippen LogP contribution in [0.3, 0.4) is 0 Å². The zero-order valence-electron chi connectivity index (χ0n) is 20.5. The molecule has 0 aliphatic rings. The predicted molar refractivity (Wildman–Crippen MR) is 138 cm³/mol. The van der Waals surface area contributed by atoms with E-state index >= 15 is 0 Å². The van der Waals surface area contributed by atoms with Crippen LogP contribution in [0.25, 0.3) is 11.0 Å². The first-order valence-electron chi connectivity index (χ1n) is 10.5. The number of amides is 1. The minimum atomic E-state index is -1.23. The average Bonchev–Trinajstić information content (AvgIpc) is 3.27. The van der Waals surface area contributed by atoms with Crippen molar-refractivity contribution in [1.82, 2.24) is 10.6 Å². The minimum Gasteiger partial charge on any atom is -0.478 e. The van der Waals surface area contributed by atoms with E-state index in [2.05, 4.69) is 18.9 Å². The Morgan fingerprint density at radius 1 is 1.08 bits per heavy atom. The highest BCUT2D eigenvalue weighted by Gasteiger charge is 2.08. The van der Waals surface area contributed by atoms with Gasteiger partial charge in [0, 0.05) is 18.7 Å². The lowest BCUT2D eigenvalue weighted by Gasteiger charge is -1.96. The van der Waals surface area contributed by atoms with Gasteiger partial charge in [-0.05, 0) is 70.4 Å². The first-order valence-corrected chi connectivity index (χ1v) is 11.0. The fourth-order valence-corrected chi connectivity index (χ4v) is 2.69. The Morgan fingerprint density at radius 3 is 2.13 bits per heavy atom. The third-order valence-electron chi connectivity index (χ3n) is 4.34. The van der Waals surface area contributed by atoms with Crippen LogP contribution in [0, 0.1) is 36.8 Å². The summed E-state index contributed by atoms with van der Waals surface area (Å²) in [6.45, 7) is 4.71. The summed E-state index contributed by atoms with van der Waals surface area (Å²) in [6.07, 6.45) is 0.